The molecule has 2 aromatic rings. The van der Waals surface area contributed by atoms with Gasteiger partial charge in [-0.2, -0.15) is 0 Å². The Morgan fingerprint density at radius 2 is 1.86 bits per heavy atom. The van der Waals surface area contributed by atoms with Gasteiger partial charge in [0.05, 0.1) is 6.61 Å². The van der Waals surface area contributed by atoms with Gasteiger partial charge in [-0.15, -0.1) is 0 Å². The van der Waals surface area contributed by atoms with E-state index < -0.39 is 0 Å². The summed E-state index contributed by atoms with van der Waals surface area (Å²) in [7, 11) is 4.01. The Hall–Kier alpha value is -2.89. The highest BCUT2D eigenvalue weighted by Gasteiger charge is 2.31. The van der Waals surface area contributed by atoms with Gasteiger partial charge < -0.3 is 24.4 Å². The molecule has 28 heavy (non-hydrogen) atoms. The van der Waals surface area contributed by atoms with Gasteiger partial charge in [0.2, 0.25) is 5.91 Å². The van der Waals surface area contributed by atoms with Crippen molar-refractivity contribution in [3.05, 3.63) is 41.5 Å². The Morgan fingerprint density at radius 3 is 2.57 bits per heavy atom. The second-order valence-electron chi connectivity index (χ2n) is 7.35. The lowest BCUT2D eigenvalue weighted by molar-refractivity contribution is -0.116. The van der Waals surface area contributed by atoms with E-state index >= 15 is 0 Å². The van der Waals surface area contributed by atoms with Gasteiger partial charge >= 0.3 is 0 Å². The molecule has 0 spiro atoms. The van der Waals surface area contributed by atoms with Crippen LogP contribution in [-0.2, 0) is 4.79 Å². The predicted molar refractivity (Wildman–Crippen MR) is 109 cm³/mol. The Kier molecular flexibility index (Phi) is 5.03. The summed E-state index contributed by atoms with van der Waals surface area (Å²) in [5.41, 5.74) is 3.90. The zero-order valence-electron chi connectivity index (χ0n) is 16.6. The number of benzene rings is 2. The number of rotatable bonds is 5. The first-order chi connectivity index (χ1) is 13.6. The number of carbonyl (C=O) groups is 1. The van der Waals surface area contributed by atoms with E-state index in [9.17, 15) is 4.79 Å². The predicted octanol–water partition coefficient (Wildman–Crippen LogP) is 3.79. The largest absolute Gasteiger partial charge is 0.493 e. The highest BCUT2D eigenvalue weighted by Crippen LogP contribution is 2.46. The van der Waals surface area contributed by atoms with Crippen LogP contribution in [0.15, 0.2) is 30.3 Å². The Labute approximate surface area is 165 Å². The van der Waals surface area contributed by atoms with Gasteiger partial charge in [0.15, 0.2) is 11.5 Å². The molecular formula is C22H26N2O4. The van der Waals surface area contributed by atoms with E-state index in [4.69, 9.17) is 14.2 Å². The van der Waals surface area contributed by atoms with Crippen LogP contribution < -0.4 is 24.4 Å². The van der Waals surface area contributed by atoms with Crippen LogP contribution in [0.25, 0.3) is 0 Å². The van der Waals surface area contributed by atoms with Crippen molar-refractivity contribution < 1.29 is 19.0 Å². The molecule has 1 atom stereocenters. The van der Waals surface area contributed by atoms with E-state index in [1.807, 2.05) is 31.1 Å². The molecule has 2 aromatic carbocycles. The molecule has 2 heterocycles. The molecule has 0 saturated carbocycles. The maximum Gasteiger partial charge on any atom is 0.225 e. The molecule has 0 aromatic heterocycles. The smallest absolute Gasteiger partial charge is 0.225 e. The van der Waals surface area contributed by atoms with E-state index in [0.29, 0.717) is 32.0 Å². The molecule has 6 heteroatoms. The van der Waals surface area contributed by atoms with E-state index in [1.54, 1.807) is 0 Å². The first-order valence-corrected chi connectivity index (χ1v) is 9.74. The topological polar surface area (TPSA) is 60.0 Å². The van der Waals surface area contributed by atoms with Crippen molar-refractivity contribution in [3.63, 3.8) is 0 Å². The van der Waals surface area contributed by atoms with Gasteiger partial charge in [-0.05, 0) is 24.1 Å². The minimum Gasteiger partial charge on any atom is -0.493 e. The van der Waals surface area contributed by atoms with Crippen molar-refractivity contribution in [2.45, 2.75) is 25.7 Å². The van der Waals surface area contributed by atoms with Gasteiger partial charge in [-0.3, -0.25) is 4.79 Å². The molecule has 2 aliphatic rings. The number of ether oxygens (including phenoxy) is 3. The third kappa shape index (κ3) is 3.46. The number of fused-ring (bicyclic) bond motifs is 2. The van der Waals surface area contributed by atoms with Crippen LogP contribution in [0.1, 0.15) is 36.8 Å². The van der Waals surface area contributed by atoms with Crippen LogP contribution in [-0.4, -0.2) is 39.8 Å². The summed E-state index contributed by atoms with van der Waals surface area (Å²) in [6, 6.07) is 10.1. The number of hydrogen-bond acceptors (Lipinski definition) is 5. The van der Waals surface area contributed by atoms with Crippen molar-refractivity contribution >= 4 is 17.3 Å². The lowest BCUT2D eigenvalue weighted by Gasteiger charge is -2.30. The molecule has 4 rings (SSSR count). The molecule has 1 N–H and O–H groups in total. The number of nitrogens with zero attached hydrogens (tertiary/aromatic N) is 1. The number of nitrogens with one attached hydrogen (secondary N) is 1. The highest BCUT2D eigenvalue weighted by atomic mass is 16.6. The minimum atomic E-state index is -0.0948. The maximum absolute atomic E-state index is 12.4. The fourth-order valence-electron chi connectivity index (χ4n) is 3.70. The normalized spacial score (nSPS) is 17.5. The zero-order chi connectivity index (χ0) is 19.7. The summed E-state index contributed by atoms with van der Waals surface area (Å²) in [6.07, 6.45) is 1.29. The summed E-state index contributed by atoms with van der Waals surface area (Å²) in [4.78, 5) is 14.5. The van der Waals surface area contributed by atoms with Crippen LogP contribution in [0, 0.1) is 0 Å². The Morgan fingerprint density at radius 1 is 1.11 bits per heavy atom. The first-order valence-electron chi connectivity index (χ1n) is 9.74. The van der Waals surface area contributed by atoms with Crippen molar-refractivity contribution in [3.8, 4) is 17.2 Å². The zero-order valence-corrected chi connectivity index (χ0v) is 16.6. The van der Waals surface area contributed by atoms with Crippen molar-refractivity contribution in [2.75, 3.05) is 44.1 Å². The summed E-state index contributed by atoms with van der Waals surface area (Å²) in [6.45, 7) is 3.77. The Bertz CT molecular complexity index is 894. The molecular weight excluding hydrogens is 356 g/mol. The third-order valence-corrected chi connectivity index (χ3v) is 5.10. The summed E-state index contributed by atoms with van der Waals surface area (Å²) >= 11 is 0. The molecule has 6 nitrogen and oxygen atoms in total. The summed E-state index contributed by atoms with van der Waals surface area (Å²) in [5.74, 6) is 2.13. The van der Waals surface area contributed by atoms with Gasteiger partial charge in [0.25, 0.3) is 0 Å². The average molecular weight is 382 g/mol. The molecule has 2 aliphatic heterocycles. The lowest BCUT2D eigenvalue weighted by Crippen LogP contribution is -2.25. The van der Waals surface area contributed by atoms with E-state index in [1.165, 1.54) is 0 Å². The van der Waals surface area contributed by atoms with E-state index in [2.05, 4.69) is 30.4 Å². The van der Waals surface area contributed by atoms with Crippen molar-refractivity contribution in [1.29, 1.82) is 0 Å². The van der Waals surface area contributed by atoms with Crippen LogP contribution in [0.5, 0.6) is 17.2 Å². The van der Waals surface area contributed by atoms with Crippen LogP contribution in [0.4, 0.5) is 11.4 Å². The molecule has 0 saturated heterocycles. The third-order valence-electron chi connectivity index (χ3n) is 5.10. The maximum atomic E-state index is 12.4. The van der Waals surface area contributed by atoms with E-state index in [-0.39, 0.29) is 11.8 Å². The Balaban J connectivity index is 1.80. The monoisotopic (exact) mass is 382 g/mol. The fourth-order valence-corrected chi connectivity index (χ4v) is 3.70. The number of anilines is 2. The second kappa shape index (κ2) is 7.62. The lowest BCUT2D eigenvalue weighted by atomic mass is 9.84. The highest BCUT2D eigenvalue weighted by molar-refractivity contribution is 5.96. The quantitative estimate of drug-likeness (QED) is 0.853. The molecule has 0 aliphatic carbocycles. The van der Waals surface area contributed by atoms with E-state index in [0.717, 1.165) is 40.4 Å². The second-order valence-corrected chi connectivity index (χ2v) is 7.35. The van der Waals surface area contributed by atoms with Gasteiger partial charge in [0.1, 0.15) is 19.0 Å². The average Bonchev–Trinajstić information content (AvgIpc) is 2.70. The molecule has 148 valence electrons. The fraction of sp³-hybridized carbons (Fsp3) is 0.409. The molecule has 0 radical (unpaired) electrons. The number of amides is 1. The van der Waals surface area contributed by atoms with Crippen LogP contribution in [0.2, 0.25) is 0 Å². The standard InChI is InChI=1S/C22H26N2O4/c1-4-7-26-19-10-14(24(2)3)5-6-15(19)16-12-22(25)23-18-13-21-20(11-17(16)18)27-8-9-28-21/h5-6,10-11,13,16H,4,7-9,12H2,1-3H3,(H,23,25). The van der Waals surface area contributed by atoms with Crippen molar-refractivity contribution in [1.82, 2.24) is 0 Å². The molecule has 1 amide bonds. The van der Waals surface area contributed by atoms with Gasteiger partial charge in [-0.25, -0.2) is 0 Å². The van der Waals surface area contributed by atoms with Crippen molar-refractivity contribution in [2.24, 2.45) is 0 Å². The molecule has 1 unspecified atom stereocenters. The summed E-state index contributed by atoms with van der Waals surface area (Å²) < 4.78 is 17.5. The summed E-state index contributed by atoms with van der Waals surface area (Å²) in [5, 5.41) is 2.98. The molecule has 0 fully saturated rings. The number of carbonyl (C=O) groups excluding carboxylic acids is 1. The SMILES string of the molecule is CCCOc1cc(N(C)C)ccc1C1CC(=O)Nc2cc3c(cc21)OCCO3. The van der Waals surface area contributed by atoms with Gasteiger partial charge in [0, 0.05) is 55.5 Å². The molecule has 0 bridgehead atoms. The first kappa shape index (κ1) is 18.5. The minimum absolute atomic E-state index is 0.00712. The van der Waals surface area contributed by atoms with Crippen LogP contribution in [0.3, 0.4) is 0 Å². The van der Waals surface area contributed by atoms with Gasteiger partial charge in [-0.1, -0.05) is 13.0 Å². The van der Waals surface area contributed by atoms with Crippen LogP contribution >= 0.6 is 0 Å². The number of hydrogen-bond donors (Lipinski definition) is 1.